The summed E-state index contributed by atoms with van der Waals surface area (Å²) in [5, 5.41) is 7.51. The summed E-state index contributed by atoms with van der Waals surface area (Å²) < 4.78 is 1.68. The van der Waals surface area contributed by atoms with Gasteiger partial charge in [0.2, 0.25) is 5.91 Å². The number of hydrogen-bond acceptors (Lipinski definition) is 4. The van der Waals surface area contributed by atoms with Gasteiger partial charge in [0, 0.05) is 32.6 Å². The second-order valence-corrected chi connectivity index (χ2v) is 5.07. The molecule has 6 nitrogen and oxygen atoms in total. The summed E-state index contributed by atoms with van der Waals surface area (Å²) in [6.45, 7) is 5.66. The SMILES string of the molecule is CC(C)NC1CCN(CCc2ncn(C)n2)C1=O. The van der Waals surface area contributed by atoms with E-state index in [1.165, 1.54) is 0 Å². The Labute approximate surface area is 107 Å². The number of likely N-dealkylation sites (tertiary alicyclic amines) is 1. The maximum Gasteiger partial charge on any atom is 0.239 e. The summed E-state index contributed by atoms with van der Waals surface area (Å²) >= 11 is 0. The number of nitrogens with one attached hydrogen (secondary N) is 1. The van der Waals surface area contributed by atoms with Crippen LogP contribution in [-0.2, 0) is 18.3 Å². The van der Waals surface area contributed by atoms with Gasteiger partial charge in [0.15, 0.2) is 5.82 Å². The summed E-state index contributed by atoms with van der Waals surface area (Å²) in [5.41, 5.74) is 0. The van der Waals surface area contributed by atoms with Crippen molar-refractivity contribution < 1.29 is 4.79 Å². The van der Waals surface area contributed by atoms with E-state index in [1.807, 2.05) is 11.9 Å². The van der Waals surface area contributed by atoms with E-state index in [1.54, 1.807) is 11.0 Å². The number of rotatable bonds is 5. The first-order chi connectivity index (χ1) is 8.56. The molecule has 100 valence electrons. The van der Waals surface area contributed by atoms with Gasteiger partial charge in [0.05, 0.1) is 6.04 Å². The molecular formula is C12H21N5O. The van der Waals surface area contributed by atoms with Gasteiger partial charge in [-0.1, -0.05) is 13.8 Å². The molecule has 0 radical (unpaired) electrons. The average Bonchev–Trinajstić information content (AvgIpc) is 2.85. The summed E-state index contributed by atoms with van der Waals surface area (Å²) in [6.07, 6.45) is 3.30. The van der Waals surface area contributed by atoms with Gasteiger partial charge in [0.1, 0.15) is 6.33 Å². The lowest BCUT2D eigenvalue weighted by molar-refractivity contribution is -0.129. The summed E-state index contributed by atoms with van der Waals surface area (Å²) in [4.78, 5) is 18.2. The highest BCUT2D eigenvalue weighted by Crippen LogP contribution is 2.12. The van der Waals surface area contributed by atoms with Crippen LogP contribution in [0, 0.1) is 0 Å². The lowest BCUT2D eigenvalue weighted by atomic mass is 10.2. The molecule has 1 aliphatic heterocycles. The molecule has 1 aromatic heterocycles. The van der Waals surface area contributed by atoms with E-state index in [-0.39, 0.29) is 11.9 Å². The number of hydrogen-bond donors (Lipinski definition) is 1. The lowest BCUT2D eigenvalue weighted by Crippen LogP contribution is -2.41. The van der Waals surface area contributed by atoms with Crippen LogP contribution < -0.4 is 5.32 Å². The molecule has 1 aliphatic rings. The Hall–Kier alpha value is -1.43. The normalized spacial score (nSPS) is 20.1. The van der Waals surface area contributed by atoms with Crippen LogP contribution in [0.3, 0.4) is 0 Å². The van der Waals surface area contributed by atoms with Crippen LogP contribution in [0.15, 0.2) is 6.33 Å². The van der Waals surface area contributed by atoms with Crippen molar-refractivity contribution in [2.75, 3.05) is 13.1 Å². The van der Waals surface area contributed by atoms with Crippen molar-refractivity contribution in [2.45, 2.75) is 38.8 Å². The fourth-order valence-corrected chi connectivity index (χ4v) is 2.25. The molecule has 1 saturated heterocycles. The first-order valence-electron chi connectivity index (χ1n) is 6.45. The van der Waals surface area contributed by atoms with E-state index >= 15 is 0 Å². The molecule has 0 saturated carbocycles. The maximum atomic E-state index is 12.1. The molecular weight excluding hydrogens is 230 g/mol. The highest BCUT2D eigenvalue weighted by Gasteiger charge is 2.31. The summed E-state index contributed by atoms with van der Waals surface area (Å²) in [6, 6.07) is 0.332. The number of aromatic nitrogens is 3. The molecule has 6 heteroatoms. The fraction of sp³-hybridized carbons (Fsp3) is 0.750. The molecule has 1 aromatic rings. The molecule has 0 aromatic carbocycles. The van der Waals surface area contributed by atoms with Crippen LogP contribution in [0.4, 0.5) is 0 Å². The zero-order chi connectivity index (χ0) is 13.1. The molecule has 1 atom stereocenters. The van der Waals surface area contributed by atoms with E-state index < -0.39 is 0 Å². The van der Waals surface area contributed by atoms with Crippen molar-refractivity contribution in [2.24, 2.45) is 7.05 Å². The van der Waals surface area contributed by atoms with Gasteiger partial charge in [-0.05, 0) is 6.42 Å². The van der Waals surface area contributed by atoms with Gasteiger partial charge in [-0.15, -0.1) is 0 Å². The van der Waals surface area contributed by atoms with Crippen LogP contribution >= 0.6 is 0 Å². The topological polar surface area (TPSA) is 63.1 Å². The molecule has 1 N–H and O–H groups in total. The number of amides is 1. The highest BCUT2D eigenvalue weighted by atomic mass is 16.2. The lowest BCUT2D eigenvalue weighted by Gasteiger charge is -2.17. The zero-order valence-corrected chi connectivity index (χ0v) is 11.3. The Morgan fingerprint density at radius 2 is 2.33 bits per heavy atom. The Balaban J connectivity index is 1.82. The van der Waals surface area contributed by atoms with E-state index in [9.17, 15) is 4.79 Å². The Bertz CT molecular complexity index is 414. The third-order valence-electron chi connectivity index (χ3n) is 3.08. The van der Waals surface area contributed by atoms with Crippen LogP contribution in [0.5, 0.6) is 0 Å². The Morgan fingerprint density at radius 1 is 1.56 bits per heavy atom. The third kappa shape index (κ3) is 3.07. The van der Waals surface area contributed by atoms with Crippen LogP contribution in [0.1, 0.15) is 26.1 Å². The number of carbonyl (C=O) groups is 1. The predicted molar refractivity (Wildman–Crippen MR) is 68.0 cm³/mol. The van der Waals surface area contributed by atoms with Gasteiger partial charge in [0.25, 0.3) is 0 Å². The quantitative estimate of drug-likeness (QED) is 0.797. The number of carbonyl (C=O) groups excluding carboxylic acids is 1. The van der Waals surface area contributed by atoms with Gasteiger partial charge in [-0.25, -0.2) is 4.98 Å². The maximum absolute atomic E-state index is 12.1. The number of aryl methyl sites for hydroxylation is 1. The van der Waals surface area contributed by atoms with Crippen molar-refractivity contribution in [1.82, 2.24) is 25.0 Å². The van der Waals surface area contributed by atoms with E-state index in [2.05, 4.69) is 29.2 Å². The minimum Gasteiger partial charge on any atom is -0.341 e. The predicted octanol–water partition coefficient (Wildman–Crippen LogP) is -0.0435. The second-order valence-electron chi connectivity index (χ2n) is 5.07. The Morgan fingerprint density at radius 3 is 2.94 bits per heavy atom. The Kier molecular flexibility index (Phi) is 3.96. The molecule has 0 spiro atoms. The summed E-state index contributed by atoms with van der Waals surface area (Å²) in [7, 11) is 1.85. The van der Waals surface area contributed by atoms with Crippen molar-refractivity contribution in [3.05, 3.63) is 12.2 Å². The molecule has 1 fully saturated rings. The summed E-state index contributed by atoms with van der Waals surface area (Å²) in [5.74, 6) is 1.00. The molecule has 0 bridgehead atoms. The van der Waals surface area contributed by atoms with Crippen molar-refractivity contribution in [1.29, 1.82) is 0 Å². The van der Waals surface area contributed by atoms with E-state index in [4.69, 9.17) is 0 Å². The van der Waals surface area contributed by atoms with Gasteiger partial charge >= 0.3 is 0 Å². The zero-order valence-electron chi connectivity index (χ0n) is 11.3. The van der Waals surface area contributed by atoms with Gasteiger partial charge in [-0.2, -0.15) is 5.10 Å². The smallest absolute Gasteiger partial charge is 0.239 e. The van der Waals surface area contributed by atoms with Crippen LogP contribution in [0.2, 0.25) is 0 Å². The average molecular weight is 251 g/mol. The molecule has 2 rings (SSSR count). The first kappa shape index (κ1) is 13.0. The van der Waals surface area contributed by atoms with Crippen molar-refractivity contribution in [3.63, 3.8) is 0 Å². The largest absolute Gasteiger partial charge is 0.341 e. The molecule has 18 heavy (non-hydrogen) atoms. The molecule has 1 amide bonds. The number of nitrogens with zero attached hydrogens (tertiary/aromatic N) is 4. The highest BCUT2D eigenvalue weighted by molar-refractivity contribution is 5.84. The van der Waals surface area contributed by atoms with Crippen molar-refractivity contribution in [3.8, 4) is 0 Å². The third-order valence-corrected chi connectivity index (χ3v) is 3.08. The van der Waals surface area contributed by atoms with E-state index in [0.29, 0.717) is 12.6 Å². The molecule has 1 unspecified atom stereocenters. The minimum absolute atomic E-state index is 0.0123. The van der Waals surface area contributed by atoms with Crippen LogP contribution in [-0.4, -0.2) is 50.7 Å². The monoisotopic (exact) mass is 251 g/mol. The minimum atomic E-state index is -0.0123. The van der Waals surface area contributed by atoms with E-state index in [0.717, 1.165) is 25.2 Å². The first-order valence-corrected chi connectivity index (χ1v) is 6.45. The molecule has 0 aliphatic carbocycles. The van der Waals surface area contributed by atoms with Crippen molar-refractivity contribution >= 4 is 5.91 Å². The van der Waals surface area contributed by atoms with Gasteiger partial charge < -0.3 is 10.2 Å². The second kappa shape index (κ2) is 5.48. The molecule has 2 heterocycles. The van der Waals surface area contributed by atoms with Crippen LogP contribution in [0.25, 0.3) is 0 Å². The fourth-order valence-electron chi connectivity index (χ4n) is 2.25. The van der Waals surface area contributed by atoms with Gasteiger partial charge in [-0.3, -0.25) is 9.48 Å². The standard InChI is InChI=1S/C12H21N5O/c1-9(2)14-10-4-6-17(12(10)18)7-5-11-13-8-16(3)15-11/h8-10,14H,4-7H2,1-3H3.